The van der Waals surface area contributed by atoms with E-state index in [1.165, 1.54) is 0 Å². The largest absolute Gasteiger partial charge is 0.497 e. The van der Waals surface area contributed by atoms with Crippen LogP contribution in [0.4, 0.5) is 0 Å². The lowest BCUT2D eigenvalue weighted by molar-refractivity contribution is 0.0825. The lowest BCUT2D eigenvalue weighted by Gasteiger charge is -2.26. The molecule has 2 amide bonds. The Kier molecular flexibility index (Phi) is 11.3. The van der Waals surface area contributed by atoms with E-state index in [-0.39, 0.29) is 30.4 Å². The van der Waals surface area contributed by atoms with Crippen LogP contribution < -0.4 is 20.7 Å². The van der Waals surface area contributed by atoms with E-state index >= 15 is 0 Å². The lowest BCUT2D eigenvalue weighted by Crippen LogP contribution is -2.49. The molecule has 0 aliphatic carbocycles. The number of hydrogen-bond acceptors (Lipinski definition) is 5. The number of aryl methyl sites for hydroxylation is 2. The Morgan fingerprint density at radius 3 is 2.02 bits per heavy atom. The molecule has 4 aromatic carbocycles. The average Bonchev–Trinajstić information content (AvgIpc) is 3.03. The van der Waals surface area contributed by atoms with Crippen LogP contribution in [0.5, 0.6) is 5.75 Å². The number of hydrogen-bond donors (Lipinski definition) is 4. The highest BCUT2D eigenvalue weighted by molar-refractivity contribution is 6.00. The molecule has 0 aromatic heterocycles. The predicted molar refractivity (Wildman–Crippen MR) is 175 cm³/mol. The summed E-state index contributed by atoms with van der Waals surface area (Å²) in [6.45, 7) is 8.12. The lowest BCUT2D eigenvalue weighted by atomic mass is 9.99. The van der Waals surface area contributed by atoms with Crippen molar-refractivity contribution < 1.29 is 19.4 Å². The molecule has 0 saturated heterocycles. The second-order valence-electron chi connectivity index (χ2n) is 11.4. The van der Waals surface area contributed by atoms with E-state index in [2.05, 4.69) is 16.0 Å². The molecule has 44 heavy (non-hydrogen) atoms. The zero-order valence-electron chi connectivity index (χ0n) is 26.1. The van der Waals surface area contributed by atoms with E-state index < -0.39 is 12.1 Å². The van der Waals surface area contributed by atoms with E-state index in [9.17, 15) is 14.7 Å². The molecule has 4 rings (SSSR count). The number of benzene rings is 4. The van der Waals surface area contributed by atoms with Gasteiger partial charge < -0.3 is 25.8 Å². The number of methoxy groups -OCH3 is 1. The van der Waals surface area contributed by atoms with Crippen molar-refractivity contribution in [1.82, 2.24) is 16.0 Å². The monoisotopic (exact) mass is 593 g/mol. The highest BCUT2D eigenvalue weighted by Gasteiger charge is 2.24. The van der Waals surface area contributed by atoms with Crippen LogP contribution in [0.25, 0.3) is 0 Å². The molecule has 0 bridgehead atoms. The van der Waals surface area contributed by atoms with Crippen LogP contribution in [0.2, 0.25) is 0 Å². The summed E-state index contributed by atoms with van der Waals surface area (Å²) in [6, 6.07) is 29.8. The van der Waals surface area contributed by atoms with Crippen LogP contribution in [-0.4, -0.2) is 42.7 Å². The van der Waals surface area contributed by atoms with Crippen molar-refractivity contribution in [2.45, 2.75) is 58.3 Å². The Morgan fingerprint density at radius 2 is 1.39 bits per heavy atom. The molecule has 0 spiro atoms. The van der Waals surface area contributed by atoms with Crippen molar-refractivity contribution >= 4 is 11.8 Å². The van der Waals surface area contributed by atoms with Crippen LogP contribution >= 0.6 is 0 Å². The van der Waals surface area contributed by atoms with Gasteiger partial charge >= 0.3 is 0 Å². The van der Waals surface area contributed by atoms with Crippen molar-refractivity contribution in [3.05, 3.63) is 136 Å². The van der Waals surface area contributed by atoms with Gasteiger partial charge in [-0.15, -0.1) is 0 Å². The van der Waals surface area contributed by atoms with Gasteiger partial charge in [-0.25, -0.2) is 0 Å². The number of nitrogens with one attached hydrogen (secondary N) is 3. The topological polar surface area (TPSA) is 99.7 Å². The zero-order valence-corrected chi connectivity index (χ0v) is 26.1. The van der Waals surface area contributed by atoms with Crippen LogP contribution in [0.1, 0.15) is 74.5 Å². The van der Waals surface area contributed by atoms with Gasteiger partial charge in [-0.1, -0.05) is 66.7 Å². The standard InChI is InChI=1S/C37H43N3O4/c1-24-19-30(36(42)39-27(4)33-14-10-9-11-25(33)2)22-31(20-24)37(43)40-34(21-28-12-7-6-8-13-28)35(41)23-38-26(3)29-15-17-32(44-5)18-16-29/h6-20,22,26-27,34-35,38,41H,21,23H2,1-5H3,(H,39,42)(H,40,43)/t26-,27?,34+,35-/m1/s1. The number of ether oxygens (including phenoxy) is 1. The van der Waals surface area contributed by atoms with Gasteiger partial charge in [0.1, 0.15) is 5.75 Å². The number of carbonyl (C=O) groups is 2. The third kappa shape index (κ3) is 8.78. The zero-order chi connectivity index (χ0) is 31.6. The molecular weight excluding hydrogens is 550 g/mol. The molecule has 0 saturated carbocycles. The molecule has 4 atom stereocenters. The summed E-state index contributed by atoms with van der Waals surface area (Å²) in [4.78, 5) is 26.8. The predicted octanol–water partition coefficient (Wildman–Crippen LogP) is 5.86. The fourth-order valence-corrected chi connectivity index (χ4v) is 5.33. The molecule has 1 unspecified atom stereocenters. The first-order valence-corrected chi connectivity index (χ1v) is 15.0. The summed E-state index contributed by atoms with van der Waals surface area (Å²) < 4.78 is 5.25. The van der Waals surface area contributed by atoms with Crippen molar-refractivity contribution in [2.24, 2.45) is 0 Å². The summed E-state index contributed by atoms with van der Waals surface area (Å²) >= 11 is 0. The van der Waals surface area contributed by atoms with Gasteiger partial charge in [0, 0.05) is 23.7 Å². The number of carbonyl (C=O) groups excluding carboxylic acids is 2. The Hall–Kier alpha value is -4.46. The SMILES string of the molecule is COc1ccc([C@@H](C)NC[C@@H](O)[C@H](Cc2ccccc2)NC(=O)c2cc(C)cc(C(=O)NC(C)c3ccccc3C)c2)cc1. The summed E-state index contributed by atoms with van der Waals surface area (Å²) in [5.74, 6) is 0.179. The Labute approximate surface area is 260 Å². The molecule has 0 heterocycles. The Balaban J connectivity index is 1.47. The molecule has 7 nitrogen and oxygen atoms in total. The van der Waals surface area contributed by atoms with Crippen LogP contribution in [0, 0.1) is 13.8 Å². The van der Waals surface area contributed by atoms with E-state index in [4.69, 9.17) is 4.74 Å². The molecule has 0 aliphatic rings. The van der Waals surface area contributed by atoms with Crippen molar-refractivity contribution in [2.75, 3.05) is 13.7 Å². The maximum atomic E-state index is 13.6. The number of aliphatic hydroxyl groups is 1. The Bertz CT molecular complexity index is 1540. The van der Waals surface area contributed by atoms with Crippen LogP contribution in [0.15, 0.2) is 97.1 Å². The second kappa shape index (κ2) is 15.3. The fraction of sp³-hybridized carbons (Fsp3) is 0.297. The van der Waals surface area contributed by atoms with Gasteiger partial charge in [-0.05, 0) is 92.3 Å². The van der Waals surface area contributed by atoms with Gasteiger partial charge in [0.2, 0.25) is 0 Å². The number of amides is 2. The summed E-state index contributed by atoms with van der Waals surface area (Å²) in [5, 5.41) is 20.8. The highest BCUT2D eigenvalue weighted by Crippen LogP contribution is 2.20. The smallest absolute Gasteiger partial charge is 0.251 e. The maximum absolute atomic E-state index is 13.6. The molecule has 0 aliphatic heterocycles. The highest BCUT2D eigenvalue weighted by atomic mass is 16.5. The molecular formula is C37H43N3O4. The first-order chi connectivity index (χ1) is 21.1. The fourth-order valence-electron chi connectivity index (χ4n) is 5.33. The minimum absolute atomic E-state index is 0.0245. The number of aliphatic hydroxyl groups excluding tert-OH is 1. The van der Waals surface area contributed by atoms with Gasteiger partial charge in [0.15, 0.2) is 0 Å². The van der Waals surface area contributed by atoms with Gasteiger partial charge in [-0.2, -0.15) is 0 Å². The van der Waals surface area contributed by atoms with E-state index in [1.807, 2.05) is 107 Å². The summed E-state index contributed by atoms with van der Waals surface area (Å²) in [7, 11) is 1.63. The first-order valence-electron chi connectivity index (χ1n) is 15.0. The molecule has 7 heteroatoms. The molecule has 0 radical (unpaired) electrons. The van der Waals surface area contributed by atoms with Gasteiger partial charge in [-0.3, -0.25) is 9.59 Å². The Morgan fingerprint density at radius 1 is 0.773 bits per heavy atom. The van der Waals surface area contributed by atoms with Gasteiger partial charge in [0.05, 0.1) is 25.3 Å². The summed E-state index contributed by atoms with van der Waals surface area (Å²) in [6.07, 6.45) is -0.429. The van der Waals surface area contributed by atoms with E-state index in [0.717, 1.165) is 33.6 Å². The average molecular weight is 594 g/mol. The van der Waals surface area contributed by atoms with E-state index in [0.29, 0.717) is 17.5 Å². The maximum Gasteiger partial charge on any atom is 0.251 e. The van der Waals surface area contributed by atoms with Crippen LogP contribution in [0.3, 0.4) is 0 Å². The van der Waals surface area contributed by atoms with Crippen molar-refractivity contribution in [3.63, 3.8) is 0 Å². The second-order valence-corrected chi connectivity index (χ2v) is 11.4. The first kappa shape index (κ1) is 32.5. The minimum atomic E-state index is -0.873. The third-order valence-electron chi connectivity index (χ3n) is 7.93. The van der Waals surface area contributed by atoms with Crippen LogP contribution in [-0.2, 0) is 6.42 Å². The molecule has 4 N–H and O–H groups in total. The van der Waals surface area contributed by atoms with Gasteiger partial charge in [0.25, 0.3) is 11.8 Å². The molecule has 230 valence electrons. The minimum Gasteiger partial charge on any atom is -0.497 e. The summed E-state index contributed by atoms with van der Waals surface area (Å²) in [5.41, 5.74) is 5.76. The molecule has 4 aromatic rings. The third-order valence-corrected chi connectivity index (χ3v) is 7.93. The quantitative estimate of drug-likeness (QED) is 0.156. The normalized spacial score (nSPS) is 13.8. The van der Waals surface area contributed by atoms with E-state index in [1.54, 1.807) is 25.3 Å². The number of rotatable bonds is 13. The van der Waals surface area contributed by atoms with Crippen molar-refractivity contribution in [1.29, 1.82) is 0 Å². The van der Waals surface area contributed by atoms with Crippen molar-refractivity contribution in [3.8, 4) is 5.75 Å². The molecule has 0 fully saturated rings.